The smallest absolute Gasteiger partial charge is 0.162 e. The molecule has 5 nitrogen and oxygen atoms in total. The number of fused-ring (bicyclic) bond motifs is 1. The van der Waals surface area contributed by atoms with Crippen molar-refractivity contribution in [2.75, 3.05) is 20.2 Å². The quantitative estimate of drug-likeness (QED) is 0.834. The molecule has 3 unspecified atom stereocenters. The van der Waals surface area contributed by atoms with Crippen molar-refractivity contribution in [3.63, 3.8) is 0 Å². The molecule has 1 aromatic rings. The van der Waals surface area contributed by atoms with E-state index < -0.39 is 0 Å². The van der Waals surface area contributed by atoms with E-state index in [4.69, 9.17) is 4.74 Å². The number of ether oxygens (including phenoxy) is 1. The van der Waals surface area contributed by atoms with Crippen LogP contribution in [0.1, 0.15) is 55.2 Å². The molecule has 3 fully saturated rings. The second kappa shape index (κ2) is 6.82. The third kappa shape index (κ3) is 2.59. The summed E-state index contributed by atoms with van der Waals surface area (Å²) in [6.45, 7) is 1.98. The number of aromatic hydroxyl groups is 1. The number of carbonyl (C=O) groups is 1. The predicted octanol–water partition coefficient (Wildman–Crippen LogP) is 2.55. The molecule has 0 spiro atoms. The van der Waals surface area contributed by atoms with Crippen LogP contribution in [0.3, 0.4) is 0 Å². The lowest BCUT2D eigenvalue weighted by Gasteiger charge is -2.60. The molecule has 4 atom stereocenters. The number of nitrogens with zero attached hydrogens (tertiary/aromatic N) is 1. The Labute approximate surface area is 166 Å². The van der Waals surface area contributed by atoms with Gasteiger partial charge >= 0.3 is 0 Å². The van der Waals surface area contributed by atoms with E-state index in [1.807, 2.05) is 6.07 Å². The molecule has 1 saturated heterocycles. The molecule has 4 aliphatic rings. The Balaban J connectivity index is 1.59. The molecule has 5 rings (SSSR count). The Bertz CT molecular complexity index is 789. The fourth-order valence-corrected chi connectivity index (χ4v) is 6.59. The van der Waals surface area contributed by atoms with E-state index >= 15 is 0 Å². The van der Waals surface area contributed by atoms with Gasteiger partial charge in [-0.05, 0) is 56.0 Å². The number of Topliss-reactive ketones (excluding diaryl/α,β-unsaturated/α-hetero) is 1. The van der Waals surface area contributed by atoms with E-state index in [0.717, 1.165) is 42.9 Å². The zero-order chi connectivity index (χ0) is 19.5. The first-order valence-corrected chi connectivity index (χ1v) is 10.8. The van der Waals surface area contributed by atoms with Gasteiger partial charge in [-0.3, -0.25) is 9.69 Å². The topological polar surface area (TPSA) is 70.0 Å². The average molecular weight is 386 g/mol. The number of rotatable bonds is 4. The normalized spacial score (nSPS) is 35.2. The van der Waals surface area contributed by atoms with Gasteiger partial charge in [0.05, 0.1) is 6.61 Å². The summed E-state index contributed by atoms with van der Waals surface area (Å²) in [6, 6.07) is 4.33. The number of hydrogen-bond donors (Lipinski definition) is 2. The van der Waals surface area contributed by atoms with Crippen molar-refractivity contribution in [3.05, 3.63) is 28.8 Å². The lowest BCUT2D eigenvalue weighted by atomic mass is 9.51. The molecule has 1 aliphatic heterocycles. The summed E-state index contributed by atoms with van der Waals surface area (Å²) in [5.74, 6) is 1.52. The number of methoxy groups -OCH3 is 1. The molecule has 1 aromatic carbocycles. The fourth-order valence-electron chi connectivity index (χ4n) is 6.59. The van der Waals surface area contributed by atoms with Crippen LogP contribution in [0.25, 0.3) is 0 Å². The summed E-state index contributed by atoms with van der Waals surface area (Å²) in [7, 11) is 1.64. The number of likely N-dealkylation sites (tertiary alicyclic amines) is 1. The lowest BCUT2D eigenvalue weighted by molar-refractivity contribution is -0.142. The standard InChI is InChI=1S/C23H31NO4/c1-28-20-10-17-18-9-15-5-6-16(13-25)22(27)21(15)23(17,11-19(20)26)7-8-24(18)12-14-3-2-4-14/h5-6,14,17-18,20,25,27H,2-4,7-13H2,1H3/t17?,18?,20?,23-/m1/s1. The van der Waals surface area contributed by atoms with Crippen molar-refractivity contribution in [2.24, 2.45) is 11.8 Å². The van der Waals surface area contributed by atoms with Gasteiger partial charge in [-0.2, -0.15) is 0 Å². The molecule has 0 radical (unpaired) electrons. The maximum absolute atomic E-state index is 12.9. The van der Waals surface area contributed by atoms with Gasteiger partial charge in [0.1, 0.15) is 11.9 Å². The van der Waals surface area contributed by atoms with Crippen LogP contribution in [0.5, 0.6) is 5.75 Å². The van der Waals surface area contributed by atoms with Gasteiger partial charge in [0.15, 0.2) is 5.78 Å². The number of piperidine rings is 1. The third-order valence-corrected chi connectivity index (χ3v) is 8.25. The fraction of sp³-hybridized carbons (Fsp3) is 0.696. The van der Waals surface area contributed by atoms with Crippen molar-refractivity contribution in [2.45, 2.75) is 69.1 Å². The SMILES string of the molecule is COC1CC2C3Cc4ccc(CO)c(O)c4[C@]2(CCN3CC2CCC2)CC1=O. The van der Waals surface area contributed by atoms with E-state index in [9.17, 15) is 15.0 Å². The van der Waals surface area contributed by atoms with Gasteiger partial charge in [-0.1, -0.05) is 18.6 Å². The van der Waals surface area contributed by atoms with Crippen LogP contribution < -0.4 is 0 Å². The summed E-state index contributed by atoms with van der Waals surface area (Å²) in [4.78, 5) is 15.6. The Morgan fingerprint density at radius 1 is 1.32 bits per heavy atom. The number of aliphatic hydroxyl groups is 1. The second-order valence-electron chi connectivity index (χ2n) is 9.44. The molecular weight excluding hydrogens is 354 g/mol. The first-order chi connectivity index (χ1) is 13.6. The summed E-state index contributed by atoms with van der Waals surface area (Å²) in [6.07, 6.45) is 6.72. The first kappa shape index (κ1) is 18.6. The molecule has 0 amide bonds. The maximum Gasteiger partial charge on any atom is 0.162 e. The molecule has 3 aliphatic carbocycles. The highest BCUT2D eigenvalue weighted by molar-refractivity contribution is 5.86. The highest BCUT2D eigenvalue weighted by Gasteiger charge is 2.58. The molecule has 152 valence electrons. The summed E-state index contributed by atoms with van der Waals surface area (Å²) < 4.78 is 5.56. The number of hydrogen-bond acceptors (Lipinski definition) is 5. The van der Waals surface area contributed by atoms with Crippen LogP contribution in [0, 0.1) is 11.8 Å². The Kier molecular flexibility index (Phi) is 4.53. The minimum Gasteiger partial charge on any atom is -0.507 e. The molecule has 2 bridgehead atoms. The van der Waals surface area contributed by atoms with E-state index in [1.165, 1.54) is 25.8 Å². The maximum atomic E-state index is 12.9. The largest absolute Gasteiger partial charge is 0.507 e. The van der Waals surface area contributed by atoms with Crippen LogP contribution >= 0.6 is 0 Å². The highest BCUT2D eigenvalue weighted by Crippen LogP contribution is 2.58. The van der Waals surface area contributed by atoms with Crippen LogP contribution in [-0.2, 0) is 28.0 Å². The second-order valence-corrected chi connectivity index (χ2v) is 9.44. The molecule has 1 heterocycles. The van der Waals surface area contributed by atoms with E-state index in [0.29, 0.717) is 23.9 Å². The van der Waals surface area contributed by atoms with Crippen LogP contribution in [0.2, 0.25) is 0 Å². The van der Waals surface area contributed by atoms with E-state index in [-0.39, 0.29) is 29.7 Å². The highest BCUT2D eigenvalue weighted by atomic mass is 16.5. The third-order valence-electron chi connectivity index (χ3n) is 8.25. The Morgan fingerprint density at radius 3 is 2.82 bits per heavy atom. The van der Waals surface area contributed by atoms with Crippen LogP contribution in [-0.4, -0.2) is 53.2 Å². The van der Waals surface area contributed by atoms with Crippen molar-refractivity contribution < 1.29 is 19.7 Å². The lowest BCUT2D eigenvalue weighted by Crippen LogP contribution is -2.64. The van der Waals surface area contributed by atoms with Gasteiger partial charge < -0.3 is 14.9 Å². The van der Waals surface area contributed by atoms with Gasteiger partial charge in [-0.15, -0.1) is 0 Å². The summed E-state index contributed by atoms with van der Waals surface area (Å²) in [5, 5.41) is 20.7. The van der Waals surface area contributed by atoms with Gasteiger partial charge in [-0.25, -0.2) is 0 Å². The van der Waals surface area contributed by atoms with E-state index in [2.05, 4.69) is 11.0 Å². The van der Waals surface area contributed by atoms with Crippen molar-refractivity contribution in [1.29, 1.82) is 0 Å². The number of ketones is 1. The Morgan fingerprint density at radius 2 is 2.14 bits per heavy atom. The Hall–Kier alpha value is -1.43. The molecule has 2 saturated carbocycles. The van der Waals surface area contributed by atoms with Gasteiger partial charge in [0.2, 0.25) is 0 Å². The van der Waals surface area contributed by atoms with Crippen LogP contribution in [0.4, 0.5) is 0 Å². The van der Waals surface area contributed by atoms with Crippen molar-refractivity contribution in [3.8, 4) is 5.75 Å². The minimum atomic E-state index is -0.325. The average Bonchev–Trinajstić information content (AvgIpc) is 2.65. The number of benzene rings is 1. The van der Waals surface area contributed by atoms with Crippen LogP contribution in [0.15, 0.2) is 12.1 Å². The van der Waals surface area contributed by atoms with E-state index in [1.54, 1.807) is 7.11 Å². The first-order valence-electron chi connectivity index (χ1n) is 10.8. The van der Waals surface area contributed by atoms with Crippen molar-refractivity contribution in [1.82, 2.24) is 4.90 Å². The summed E-state index contributed by atoms with van der Waals surface area (Å²) >= 11 is 0. The number of phenols is 1. The molecule has 0 aromatic heterocycles. The molecular formula is C23H31NO4. The predicted molar refractivity (Wildman–Crippen MR) is 105 cm³/mol. The van der Waals surface area contributed by atoms with Gasteiger partial charge in [0.25, 0.3) is 0 Å². The monoisotopic (exact) mass is 385 g/mol. The minimum absolute atomic E-state index is 0.159. The molecule has 5 heteroatoms. The zero-order valence-corrected chi connectivity index (χ0v) is 16.7. The van der Waals surface area contributed by atoms with Crippen molar-refractivity contribution >= 4 is 5.78 Å². The zero-order valence-electron chi connectivity index (χ0n) is 16.7. The summed E-state index contributed by atoms with van der Waals surface area (Å²) in [5.41, 5.74) is 2.38. The van der Waals surface area contributed by atoms with Gasteiger partial charge in [0, 0.05) is 42.7 Å². The number of carbonyl (C=O) groups excluding carboxylic acids is 1. The number of aliphatic hydroxyl groups excluding tert-OH is 1. The molecule has 28 heavy (non-hydrogen) atoms. The molecule has 2 N–H and O–H groups in total.